The van der Waals surface area contributed by atoms with Gasteiger partial charge in [0.15, 0.2) is 5.75 Å². The second-order valence-corrected chi connectivity index (χ2v) is 8.13. The third-order valence-electron chi connectivity index (χ3n) is 4.99. The molecule has 1 aromatic heterocycles. The van der Waals surface area contributed by atoms with E-state index in [1.54, 1.807) is 12.3 Å². The molecule has 0 bridgehead atoms. The van der Waals surface area contributed by atoms with Crippen LogP contribution in [0.25, 0.3) is 0 Å². The minimum atomic E-state index is -0.407. The summed E-state index contributed by atoms with van der Waals surface area (Å²) in [6, 6.07) is 13.5. The molecule has 0 aliphatic heterocycles. The molecule has 0 aliphatic rings. The third kappa shape index (κ3) is 5.19. The van der Waals surface area contributed by atoms with Crippen molar-refractivity contribution in [3.63, 3.8) is 0 Å². The second kappa shape index (κ2) is 9.86. The molecule has 6 nitrogen and oxygen atoms in total. The molecule has 0 radical (unpaired) electrons. The number of ether oxygens (including phenoxy) is 2. The number of nitrogens with zero attached hydrogens (tertiary/aromatic N) is 3. The molecule has 8 heteroatoms. The number of anilines is 1. The van der Waals surface area contributed by atoms with E-state index in [0.29, 0.717) is 39.3 Å². The lowest BCUT2D eigenvalue weighted by molar-refractivity contribution is 0.301. The summed E-state index contributed by atoms with van der Waals surface area (Å²) >= 11 is 12.1. The van der Waals surface area contributed by atoms with Crippen molar-refractivity contribution < 1.29 is 9.47 Å². The molecule has 3 aromatic rings. The first-order valence-corrected chi connectivity index (χ1v) is 10.5. The molecule has 1 heterocycles. The van der Waals surface area contributed by atoms with E-state index in [0.717, 1.165) is 11.1 Å². The highest BCUT2D eigenvalue weighted by atomic mass is 35.5. The smallest absolute Gasteiger partial charge is 0.155 e. The number of nitriles is 1. The summed E-state index contributed by atoms with van der Waals surface area (Å²) in [6.07, 6.45) is 2.98. The van der Waals surface area contributed by atoms with Crippen molar-refractivity contribution in [3.8, 4) is 17.6 Å². The van der Waals surface area contributed by atoms with E-state index in [-0.39, 0.29) is 13.2 Å². The summed E-state index contributed by atoms with van der Waals surface area (Å²) in [6.45, 7) is 4.66. The maximum absolute atomic E-state index is 9.56. The Balaban J connectivity index is 1.81. The van der Waals surface area contributed by atoms with Crippen LogP contribution < -0.4 is 15.2 Å². The predicted octanol–water partition coefficient (Wildman–Crippen LogP) is 5.11. The van der Waals surface area contributed by atoms with Crippen LogP contribution in [-0.4, -0.2) is 22.5 Å². The molecule has 2 aromatic carbocycles. The molecule has 31 heavy (non-hydrogen) atoms. The summed E-state index contributed by atoms with van der Waals surface area (Å²) in [5.74, 6) is 1.36. The van der Waals surface area contributed by atoms with Gasteiger partial charge in [-0.2, -0.15) is 5.26 Å². The molecule has 0 aliphatic carbocycles. The number of hydrogen-bond donors (Lipinski definition) is 1. The predicted molar refractivity (Wildman–Crippen MR) is 122 cm³/mol. The van der Waals surface area contributed by atoms with E-state index in [4.69, 9.17) is 38.4 Å². The Morgan fingerprint density at radius 1 is 1.13 bits per heavy atom. The van der Waals surface area contributed by atoms with Gasteiger partial charge in [-0.3, -0.25) is 0 Å². The number of alkyl halides is 1. The van der Waals surface area contributed by atoms with E-state index in [9.17, 15) is 5.26 Å². The number of benzene rings is 2. The Labute approximate surface area is 191 Å². The van der Waals surface area contributed by atoms with Gasteiger partial charge in [0.25, 0.3) is 0 Å². The van der Waals surface area contributed by atoms with Crippen molar-refractivity contribution >= 4 is 28.9 Å². The summed E-state index contributed by atoms with van der Waals surface area (Å²) < 4.78 is 11.3. The Hall–Kier alpha value is -3.01. The fourth-order valence-electron chi connectivity index (χ4n) is 3.10. The Kier molecular flexibility index (Phi) is 7.21. The van der Waals surface area contributed by atoms with E-state index in [1.165, 1.54) is 6.33 Å². The minimum Gasteiger partial charge on any atom is -0.489 e. The highest BCUT2D eigenvalue weighted by molar-refractivity contribution is 6.32. The maximum atomic E-state index is 9.56. The van der Waals surface area contributed by atoms with Crippen LogP contribution in [0, 0.1) is 11.3 Å². The Morgan fingerprint density at radius 3 is 2.52 bits per heavy atom. The van der Waals surface area contributed by atoms with Crippen LogP contribution in [0.2, 0.25) is 5.02 Å². The quantitative estimate of drug-likeness (QED) is 0.473. The van der Waals surface area contributed by atoms with Gasteiger partial charge in [0.2, 0.25) is 0 Å². The maximum Gasteiger partial charge on any atom is 0.155 e. The minimum absolute atomic E-state index is 0.252. The van der Waals surface area contributed by atoms with Crippen molar-refractivity contribution in [3.05, 3.63) is 76.3 Å². The average Bonchev–Trinajstić information content (AvgIpc) is 2.77. The molecule has 0 unspecified atom stereocenters. The van der Waals surface area contributed by atoms with Crippen molar-refractivity contribution in [1.82, 2.24) is 9.97 Å². The standard InChI is InChI=1S/C23H22Cl2N4O2/c1-23(2,17-9-15(11-26)22(19(25)10-17)30-8-7-24)16-3-5-18(6-4-16)31-13-21-20(27)12-28-14-29-21/h3-6,9-10,12,14H,7-8,13,27H2,1-2H3. The monoisotopic (exact) mass is 456 g/mol. The number of nitrogens with two attached hydrogens (primary N) is 1. The fraction of sp³-hybridized carbons (Fsp3) is 0.261. The van der Waals surface area contributed by atoms with Crippen LogP contribution in [0.1, 0.15) is 36.2 Å². The lowest BCUT2D eigenvalue weighted by Crippen LogP contribution is -2.19. The highest BCUT2D eigenvalue weighted by Crippen LogP contribution is 2.38. The lowest BCUT2D eigenvalue weighted by Gasteiger charge is -2.27. The molecule has 0 saturated heterocycles. The van der Waals surface area contributed by atoms with Crippen LogP contribution in [0.5, 0.6) is 11.5 Å². The summed E-state index contributed by atoms with van der Waals surface area (Å²) in [7, 11) is 0. The van der Waals surface area contributed by atoms with E-state index in [2.05, 4.69) is 29.9 Å². The van der Waals surface area contributed by atoms with Crippen molar-refractivity contribution in [1.29, 1.82) is 5.26 Å². The average molecular weight is 457 g/mol. The van der Waals surface area contributed by atoms with Gasteiger partial charge in [0, 0.05) is 5.41 Å². The lowest BCUT2D eigenvalue weighted by atomic mass is 9.77. The van der Waals surface area contributed by atoms with Gasteiger partial charge in [-0.25, -0.2) is 9.97 Å². The highest BCUT2D eigenvalue weighted by Gasteiger charge is 2.26. The van der Waals surface area contributed by atoms with E-state index >= 15 is 0 Å². The number of nitrogen functional groups attached to an aromatic ring is 1. The van der Waals surface area contributed by atoms with Crippen LogP contribution >= 0.6 is 23.2 Å². The third-order valence-corrected chi connectivity index (χ3v) is 5.42. The molecule has 3 rings (SSSR count). The van der Waals surface area contributed by atoms with Crippen molar-refractivity contribution in [2.75, 3.05) is 18.2 Å². The van der Waals surface area contributed by atoms with Crippen LogP contribution in [-0.2, 0) is 12.0 Å². The van der Waals surface area contributed by atoms with Gasteiger partial charge >= 0.3 is 0 Å². The molecule has 0 atom stereocenters. The summed E-state index contributed by atoms with van der Waals surface area (Å²) in [5, 5.41) is 9.94. The van der Waals surface area contributed by atoms with Crippen molar-refractivity contribution in [2.45, 2.75) is 25.9 Å². The Bertz CT molecular complexity index is 1100. The summed E-state index contributed by atoms with van der Waals surface area (Å²) in [4.78, 5) is 7.99. The van der Waals surface area contributed by atoms with Crippen LogP contribution in [0.15, 0.2) is 48.9 Å². The van der Waals surface area contributed by atoms with E-state index in [1.807, 2.05) is 30.3 Å². The van der Waals surface area contributed by atoms with Crippen molar-refractivity contribution in [2.24, 2.45) is 0 Å². The van der Waals surface area contributed by atoms with Gasteiger partial charge in [0.05, 0.1) is 28.4 Å². The molecular formula is C23H22Cl2N4O2. The van der Waals surface area contributed by atoms with Gasteiger partial charge in [0.1, 0.15) is 37.1 Å². The molecule has 0 amide bonds. The SMILES string of the molecule is CC(C)(c1ccc(OCc2ncncc2N)cc1)c1cc(Cl)c(OCCCl)c(C#N)c1. The van der Waals surface area contributed by atoms with Gasteiger partial charge in [-0.1, -0.05) is 37.6 Å². The zero-order valence-corrected chi connectivity index (χ0v) is 18.7. The van der Waals surface area contributed by atoms with Crippen LogP contribution in [0.3, 0.4) is 0 Å². The number of halogens is 2. The van der Waals surface area contributed by atoms with Gasteiger partial charge in [-0.15, -0.1) is 11.6 Å². The van der Waals surface area contributed by atoms with Gasteiger partial charge in [-0.05, 0) is 35.4 Å². The fourth-order valence-corrected chi connectivity index (χ4v) is 3.45. The molecule has 2 N–H and O–H groups in total. The first-order chi connectivity index (χ1) is 14.9. The van der Waals surface area contributed by atoms with Crippen LogP contribution in [0.4, 0.5) is 5.69 Å². The largest absolute Gasteiger partial charge is 0.489 e. The summed E-state index contributed by atoms with van der Waals surface area (Å²) in [5.41, 5.74) is 8.88. The first kappa shape index (κ1) is 22.7. The second-order valence-electron chi connectivity index (χ2n) is 7.35. The number of hydrogen-bond acceptors (Lipinski definition) is 6. The zero-order chi connectivity index (χ0) is 22.4. The molecular weight excluding hydrogens is 435 g/mol. The Morgan fingerprint density at radius 2 is 1.87 bits per heavy atom. The normalized spacial score (nSPS) is 11.1. The molecule has 0 saturated carbocycles. The van der Waals surface area contributed by atoms with E-state index < -0.39 is 5.41 Å². The molecule has 0 spiro atoms. The van der Waals surface area contributed by atoms with Gasteiger partial charge < -0.3 is 15.2 Å². The molecule has 160 valence electrons. The first-order valence-electron chi connectivity index (χ1n) is 9.57. The number of rotatable bonds is 8. The topological polar surface area (TPSA) is 94.1 Å². The zero-order valence-electron chi connectivity index (χ0n) is 17.2. The number of aromatic nitrogens is 2. The molecule has 0 fully saturated rings.